The fourth-order valence-corrected chi connectivity index (χ4v) is 4.21. The first-order valence-electron chi connectivity index (χ1n) is 9.50. The van der Waals surface area contributed by atoms with Crippen molar-refractivity contribution in [3.63, 3.8) is 0 Å². The van der Waals surface area contributed by atoms with Gasteiger partial charge in [0.05, 0.1) is 4.90 Å². The number of halogens is 2. The summed E-state index contributed by atoms with van der Waals surface area (Å²) in [5.41, 5.74) is 1.96. The zero-order chi connectivity index (χ0) is 21.0. The quantitative estimate of drug-likeness (QED) is 0.759. The van der Waals surface area contributed by atoms with E-state index in [-0.39, 0.29) is 5.56 Å². The summed E-state index contributed by atoms with van der Waals surface area (Å²) in [6, 6.07) is 12.0. The highest BCUT2D eigenvalue weighted by Crippen LogP contribution is 2.21. The van der Waals surface area contributed by atoms with Crippen LogP contribution in [0.15, 0.2) is 53.4 Å². The highest BCUT2D eigenvalue weighted by molar-refractivity contribution is 7.91. The summed E-state index contributed by atoms with van der Waals surface area (Å²) < 4.78 is 48.0. The number of rotatable bonds is 6. The van der Waals surface area contributed by atoms with Crippen molar-refractivity contribution in [1.29, 1.82) is 0 Å². The van der Waals surface area contributed by atoms with Gasteiger partial charge in [-0.15, -0.1) is 0 Å². The number of hydrogen-bond donors (Lipinski definition) is 1. The van der Waals surface area contributed by atoms with Crippen molar-refractivity contribution >= 4 is 21.4 Å². The van der Waals surface area contributed by atoms with Crippen molar-refractivity contribution in [1.82, 2.24) is 4.90 Å². The molecule has 1 atom stereocenters. The number of nitrogens with zero attached hydrogens (tertiary/aromatic N) is 1. The average Bonchev–Trinajstić information content (AvgIpc) is 2.69. The number of benzene rings is 2. The normalized spacial score (nSPS) is 18.0. The Bertz CT molecular complexity index is 945. The molecule has 2 aromatic carbocycles. The topological polar surface area (TPSA) is 66.5 Å². The Balaban J connectivity index is 1.60. The monoisotopic (exact) mass is 422 g/mol. The molecule has 0 saturated carbocycles. The van der Waals surface area contributed by atoms with Gasteiger partial charge in [0, 0.05) is 24.3 Å². The summed E-state index contributed by atoms with van der Waals surface area (Å²) >= 11 is 0. The van der Waals surface area contributed by atoms with Crippen LogP contribution in [0, 0.1) is 5.92 Å². The zero-order valence-electron chi connectivity index (χ0n) is 16.1. The lowest BCUT2D eigenvalue weighted by Gasteiger charge is -2.30. The molecule has 0 aromatic heterocycles. The molecule has 2 aromatic rings. The van der Waals surface area contributed by atoms with Crippen molar-refractivity contribution in [2.45, 2.75) is 37.0 Å². The first kappa shape index (κ1) is 21.4. The largest absolute Gasteiger partial charge is 0.341 e. The van der Waals surface area contributed by atoms with E-state index in [0.29, 0.717) is 11.6 Å². The van der Waals surface area contributed by atoms with Crippen LogP contribution in [0.2, 0.25) is 0 Å². The summed E-state index contributed by atoms with van der Waals surface area (Å²) in [5, 5.41) is 2.73. The molecule has 5 nitrogen and oxygen atoms in total. The fraction of sp³-hybridized carbons (Fsp3) is 0.381. The lowest BCUT2D eigenvalue weighted by atomic mass is 10.00. The zero-order valence-corrected chi connectivity index (χ0v) is 17.0. The average molecular weight is 422 g/mol. The van der Waals surface area contributed by atoms with Gasteiger partial charge in [-0.2, -0.15) is 8.78 Å². The van der Waals surface area contributed by atoms with E-state index in [0.717, 1.165) is 31.8 Å². The molecular weight excluding hydrogens is 398 g/mol. The Morgan fingerprint density at radius 2 is 1.79 bits per heavy atom. The summed E-state index contributed by atoms with van der Waals surface area (Å²) in [4.78, 5) is 14.2. The lowest BCUT2D eigenvalue weighted by Crippen LogP contribution is -2.33. The van der Waals surface area contributed by atoms with Gasteiger partial charge in [-0.1, -0.05) is 19.1 Å². The maximum Gasteiger partial charge on any atom is 0.341 e. The SMILES string of the molecule is CC1CCCN(Cc2ccc(NC(=O)c3ccc(S(=O)(=O)C(F)F)cc3)cc2)C1. The molecule has 1 unspecified atom stereocenters. The van der Waals surface area contributed by atoms with E-state index in [2.05, 4.69) is 17.1 Å². The Morgan fingerprint density at radius 3 is 2.38 bits per heavy atom. The number of amides is 1. The molecule has 0 bridgehead atoms. The Kier molecular flexibility index (Phi) is 6.64. The second-order valence-electron chi connectivity index (χ2n) is 7.46. The Hall–Kier alpha value is -2.32. The van der Waals surface area contributed by atoms with Gasteiger partial charge < -0.3 is 5.32 Å². The Morgan fingerprint density at radius 1 is 1.14 bits per heavy atom. The molecule has 0 aliphatic carbocycles. The third-order valence-electron chi connectivity index (χ3n) is 5.04. The van der Waals surface area contributed by atoms with Crippen LogP contribution in [0.1, 0.15) is 35.7 Å². The predicted octanol–water partition coefficient (Wildman–Crippen LogP) is 4.17. The molecule has 1 saturated heterocycles. The molecule has 1 fully saturated rings. The van der Waals surface area contributed by atoms with Crippen LogP contribution < -0.4 is 5.32 Å². The van der Waals surface area contributed by atoms with E-state index in [1.54, 1.807) is 0 Å². The standard InChI is InChI=1S/C21H24F2N2O3S/c1-15-3-2-12-25(13-15)14-16-4-8-18(9-5-16)24-20(26)17-6-10-19(11-7-17)29(27,28)21(22)23/h4-11,15,21H,2-3,12-14H2,1H3,(H,24,26). The first-order chi connectivity index (χ1) is 13.8. The molecule has 1 aliphatic rings. The number of sulfone groups is 1. The van der Waals surface area contributed by atoms with E-state index in [4.69, 9.17) is 0 Å². The second kappa shape index (κ2) is 9.00. The number of piperidine rings is 1. The summed E-state index contributed by atoms with van der Waals surface area (Å²) in [6.45, 7) is 5.33. The van der Waals surface area contributed by atoms with Crippen LogP contribution in [0.3, 0.4) is 0 Å². The molecule has 1 amide bonds. The van der Waals surface area contributed by atoms with Crippen LogP contribution in [0.25, 0.3) is 0 Å². The summed E-state index contributed by atoms with van der Waals surface area (Å²) in [7, 11) is -4.67. The van der Waals surface area contributed by atoms with Crippen molar-refractivity contribution in [2.75, 3.05) is 18.4 Å². The van der Waals surface area contributed by atoms with Gasteiger partial charge in [-0.3, -0.25) is 9.69 Å². The van der Waals surface area contributed by atoms with Crippen LogP contribution in [0.5, 0.6) is 0 Å². The van der Waals surface area contributed by atoms with Crippen LogP contribution >= 0.6 is 0 Å². The van der Waals surface area contributed by atoms with Gasteiger partial charge in [0.1, 0.15) is 0 Å². The maximum atomic E-state index is 12.6. The molecule has 1 heterocycles. The maximum absolute atomic E-state index is 12.6. The van der Waals surface area contributed by atoms with Crippen molar-refractivity contribution in [2.24, 2.45) is 5.92 Å². The number of alkyl halides is 2. The minimum atomic E-state index is -4.67. The molecule has 156 valence electrons. The fourth-order valence-electron chi connectivity index (χ4n) is 3.48. The van der Waals surface area contributed by atoms with Gasteiger partial charge in [0.15, 0.2) is 0 Å². The summed E-state index contributed by atoms with van der Waals surface area (Å²) in [6.07, 6.45) is 2.49. The summed E-state index contributed by atoms with van der Waals surface area (Å²) in [5.74, 6) is -3.22. The van der Waals surface area contributed by atoms with Crippen LogP contribution in [0.4, 0.5) is 14.5 Å². The Labute approximate surface area is 169 Å². The van der Waals surface area contributed by atoms with E-state index < -0.39 is 26.4 Å². The second-order valence-corrected chi connectivity index (χ2v) is 9.38. The molecular formula is C21H24F2N2O3S. The van der Waals surface area contributed by atoms with E-state index in [1.165, 1.54) is 30.5 Å². The number of likely N-dealkylation sites (tertiary alicyclic amines) is 1. The molecule has 3 rings (SSSR count). The van der Waals surface area contributed by atoms with Gasteiger partial charge in [-0.25, -0.2) is 8.42 Å². The van der Waals surface area contributed by atoms with Gasteiger partial charge in [-0.05, 0) is 67.3 Å². The lowest BCUT2D eigenvalue weighted by molar-refractivity contribution is 0.102. The molecule has 1 N–H and O–H groups in total. The molecule has 1 aliphatic heterocycles. The third-order valence-corrected chi connectivity index (χ3v) is 6.44. The van der Waals surface area contributed by atoms with Gasteiger partial charge >= 0.3 is 5.76 Å². The first-order valence-corrected chi connectivity index (χ1v) is 11.0. The number of hydrogen-bond acceptors (Lipinski definition) is 4. The van der Waals surface area contributed by atoms with Crippen LogP contribution in [-0.4, -0.2) is 38.1 Å². The molecule has 0 radical (unpaired) electrons. The minimum absolute atomic E-state index is 0.185. The van der Waals surface area contributed by atoms with Crippen molar-refractivity contribution in [3.05, 3.63) is 59.7 Å². The molecule has 8 heteroatoms. The highest BCUT2D eigenvalue weighted by atomic mass is 32.2. The number of anilines is 1. The van der Waals surface area contributed by atoms with Gasteiger partial charge in [0.2, 0.25) is 9.84 Å². The van der Waals surface area contributed by atoms with Gasteiger partial charge in [0.25, 0.3) is 5.91 Å². The van der Waals surface area contributed by atoms with Crippen LogP contribution in [-0.2, 0) is 16.4 Å². The van der Waals surface area contributed by atoms with Crippen molar-refractivity contribution < 1.29 is 22.0 Å². The predicted molar refractivity (Wildman–Crippen MR) is 108 cm³/mol. The minimum Gasteiger partial charge on any atom is -0.322 e. The van der Waals surface area contributed by atoms with E-state index in [9.17, 15) is 22.0 Å². The molecule has 0 spiro atoms. The van der Waals surface area contributed by atoms with Crippen molar-refractivity contribution in [3.8, 4) is 0 Å². The van der Waals surface area contributed by atoms with E-state index >= 15 is 0 Å². The highest BCUT2D eigenvalue weighted by Gasteiger charge is 2.26. The third kappa shape index (κ3) is 5.39. The smallest absolute Gasteiger partial charge is 0.322 e. The number of carbonyl (C=O) groups is 1. The number of nitrogens with one attached hydrogen (secondary N) is 1. The van der Waals surface area contributed by atoms with E-state index in [1.807, 2.05) is 24.3 Å². The molecule has 29 heavy (non-hydrogen) atoms. The number of carbonyl (C=O) groups excluding carboxylic acids is 1.